The zero-order valence-electron chi connectivity index (χ0n) is 81.5. The molecular weight excluding hydrogens is 1940 g/mol. The summed E-state index contributed by atoms with van der Waals surface area (Å²) in [7, 11) is 0. The van der Waals surface area contributed by atoms with Gasteiger partial charge in [-0.25, -0.2) is 58.6 Å². The average Bonchev–Trinajstić information content (AvgIpc) is 1.63. The third-order valence-electron chi connectivity index (χ3n) is 30.6. The molecule has 2 amide bonds. The topological polar surface area (TPSA) is 338 Å². The smallest absolute Gasteiger partial charge is 0.234 e. The number of aromatic nitrogens is 16. The lowest BCUT2D eigenvalue weighted by Gasteiger charge is -2.39. The van der Waals surface area contributed by atoms with Gasteiger partial charge in [0.2, 0.25) is 11.8 Å². The van der Waals surface area contributed by atoms with Crippen molar-refractivity contribution in [1.29, 1.82) is 5.26 Å². The summed E-state index contributed by atoms with van der Waals surface area (Å²) in [6.45, 7) is 27.8. The Morgan fingerprint density at radius 1 is 0.433 bits per heavy atom. The van der Waals surface area contributed by atoms with Gasteiger partial charge in [-0.2, -0.15) is 25.7 Å². The fourth-order valence-corrected chi connectivity index (χ4v) is 25.3. The Hall–Kier alpha value is -9.45. The summed E-state index contributed by atoms with van der Waals surface area (Å²) in [5.74, 6) is 1.25. The van der Waals surface area contributed by atoms with Crippen molar-refractivity contribution >= 4 is 172 Å². The number of carbonyl (C=O) groups is 2. The molecule has 16 unspecified atom stereocenters. The number of nitrogens with zero attached hydrogens (tertiary/aromatic N) is 21. The van der Waals surface area contributed by atoms with Gasteiger partial charge >= 0.3 is 0 Å². The van der Waals surface area contributed by atoms with Gasteiger partial charge in [0.15, 0.2) is 28.3 Å². The lowest BCUT2D eigenvalue weighted by molar-refractivity contribution is -0.123. The van der Waals surface area contributed by atoms with E-state index >= 15 is 0 Å². The highest BCUT2D eigenvalue weighted by atomic mass is 35.5. The van der Waals surface area contributed by atoms with Crippen LogP contribution < -0.4 is 11.5 Å². The fraction of sp³-hybridized carbons (Fsp3) is 0.481. The molecule has 4 fully saturated rings. The first-order valence-corrected chi connectivity index (χ1v) is 52.5. The van der Waals surface area contributed by atoms with Crippen LogP contribution in [0.3, 0.4) is 0 Å². The number of likely N-dealkylation sites (tertiary alicyclic amines) is 4. The molecule has 12 heterocycles. The van der Waals surface area contributed by atoms with E-state index in [1.165, 1.54) is 36.0 Å². The van der Waals surface area contributed by atoms with E-state index in [9.17, 15) is 25.1 Å². The van der Waals surface area contributed by atoms with E-state index in [-0.39, 0.29) is 72.9 Å². The van der Waals surface area contributed by atoms with Crippen molar-refractivity contribution in [3.63, 3.8) is 0 Å². The molecule has 742 valence electrons. The monoisotopic (exact) mass is 2060 g/mol. The molecule has 4 aliphatic heterocycles. The second-order valence-corrected chi connectivity index (χ2v) is 43.0. The molecular formula is C106H123Cl8N23O4. The number of aliphatic hydroxyl groups excluding tert-OH is 2. The van der Waals surface area contributed by atoms with E-state index in [4.69, 9.17) is 154 Å². The number of halogens is 8. The zero-order valence-corrected chi connectivity index (χ0v) is 87.6. The molecule has 8 aromatic heterocycles. The van der Waals surface area contributed by atoms with Gasteiger partial charge in [-0.15, -0.1) is 0 Å². The number of nitrogens with two attached hydrogens (primary N) is 2. The molecule has 0 saturated carbocycles. The molecule has 16 atom stereocenters. The molecule has 27 nitrogen and oxygen atoms in total. The normalized spacial score (nSPS) is 23.9. The van der Waals surface area contributed by atoms with Crippen molar-refractivity contribution in [3.05, 3.63) is 230 Å². The molecule has 35 heteroatoms. The van der Waals surface area contributed by atoms with Crippen LogP contribution in [0.15, 0.2) is 122 Å². The van der Waals surface area contributed by atoms with E-state index < -0.39 is 0 Å². The number of hydrogen-bond donors (Lipinski definition) is 4. The summed E-state index contributed by atoms with van der Waals surface area (Å²) in [6, 6.07) is 26.0. The summed E-state index contributed by atoms with van der Waals surface area (Å²) in [5, 5.41) is 52.7. The van der Waals surface area contributed by atoms with Gasteiger partial charge in [0.25, 0.3) is 0 Å². The van der Waals surface area contributed by atoms with Gasteiger partial charge in [-0.1, -0.05) is 169 Å². The van der Waals surface area contributed by atoms with Crippen LogP contribution in [0, 0.1) is 55.8 Å². The highest BCUT2D eigenvalue weighted by molar-refractivity contribution is 6.37. The quantitative estimate of drug-likeness (QED) is 0.0490. The predicted molar refractivity (Wildman–Crippen MR) is 563 cm³/mol. The number of carbonyl (C=O) groups excluding carboxylic acids is 2. The minimum Gasteiger partial charge on any atom is -0.395 e. The van der Waals surface area contributed by atoms with E-state index in [2.05, 4.69) is 109 Å². The van der Waals surface area contributed by atoms with Crippen LogP contribution >= 0.6 is 92.8 Å². The van der Waals surface area contributed by atoms with Gasteiger partial charge in [0.1, 0.15) is 28.1 Å². The molecule has 4 aromatic carbocycles. The zero-order chi connectivity index (χ0) is 99.8. The second kappa shape index (κ2) is 44.6. The summed E-state index contributed by atoms with van der Waals surface area (Å²) in [4.78, 5) is 72.1. The molecule has 6 N–H and O–H groups in total. The van der Waals surface area contributed by atoms with E-state index in [1.807, 2.05) is 103 Å². The average molecular weight is 2070 g/mol. The van der Waals surface area contributed by atoms with Gasteiger partial charge in [-0.05, 0) is 301 Å². The Kier molecular flexibility index (Phi) is 32.6. The number of allylic oxidation sites excluding steroid dienone is 4. The first-order chi connectivity index (χ1) is 67.7. The van der Waals surface area contributed by atoms with Crippen molar-refractivity contribution in [1.82, 2.24) is 98.6 Å². The second-order valence-electron chi connectivity index (χ2n) is 39.6. The summed E-state index contributed by atoms with van der Waals surface area (Å²) < 4.78 is 7.46. The van der Waals surface area contributed by atoms with Crippen LogP contribution in [0.4, 0.5) is 0 Å². The highest BCUT2D eigenvalue weighted by Crippen LogP contribution is 2.45. The number of hydrogen-bond acceptors (Lipinski definition) is 21. The van der Waals surface area contributed by atoms with Crippen LogP contribution in [0.5, 0.6) is 0 Å². The molecule has 4 saturated heterocycles. The molecule has 8 aliphatic rings. The minimum absolute atomic E-state index is 0.111. The number of primary amides is 2. The first kappa shape index (κ1) is 103. The Morgan fingerprint density at radius 2 is 0.759 bits per heavy atom. The largest absolute Gasteiger partial charge is 0.395 e. The first-order valence-electron chi connectivity index (χ1n) is 49.5. The van der Waals surface area contributed by atoms with Crippen molar-refractivity contribution in [3.8, 4) is 6.07 Å². The van der Waals surface area contributed by atoms with E-state index in [0.717, 1.165) is 217 Å². The maximum Gasteiger partial charge on any atom is 0.234 e. The number of nitriles is 1. The number of amides is 2. The third kappa shape index (κ3) is 21.9. The molecule has 4 aliphatic carbocycles. The van der Waals surface area contributed by atoms with Gasteiger partial charge in [0, 0.05) is 88.9 Å². The Bertz CT molecular complexity index is 6650. The highest BCUT2D eigenvalue weighted by Gasteiger charge is 2.42. The molecule has 0 spiro atoms. The SMILES string of the molecule is CC1C=C(c2cnc3c(C#N)nn(C(C)c4ccc(Cl)cc4Cl)c3n2)CCC1N1CCCC1C(N)=O.Cc1nn(C(C)c2ccc(Cl)cc2Cl)c2nc(C3=CCC(N4CCCC4CCC(N)=O)C(C)C3)cnc12.Cc1nn(C(C)c2ccc(Cl)cc2Cl)c2nc(C3=CCC(N4CCCC4CO)C(C)C3)cnc12.Cc1nn(C(C)c2ccc(Cl)cc2Cl)c2nc(C3=CCC(N4CCCC4CO)C(C)C3)cnc12. The Balaban J connectivity index is 0.000000130. The number of aryl methyl sites for hydroxylation is 3. The lowest BCUT2D eigenvalue weighted by Crippen LogP contribution is -2.48. The number of benzene rings is 4. The van der Waals surface area contributed by atoms with Crippen molar-refractivity contribution in [2.45, 2.75) is 264 Å². The van der Waals surface area contributed by atoms with Crippen LogP contribution in [0.2, 0.25) is 40.2 Å². The fourth-order valence-electron chi connectivity index (χ4n) is 23.1. The standard InChI is InChI=1S/C28H34Cl2N6O.C26H27Cl2N7O.2C26H31Cl2N5O/c1-16-13-19(6-10-25(16)35-12-4-5-21(35)8-11-26(31)37)24-15-32-27-17(2)34-36(28(27)33-24)18(3)22-9-7-20(29)14-23(22)30;1-14-10-16(5-8-22(14)34-9-3-4-23(34)25(30)36)21-13-31-24-20(12-29)33-35(26(24)32-21)15(2)18-7-6-17(27)11-19(18)28;2*1-15-11-18(6-9-24(15)32-10-4-5-20(32)14-34)23-13-29-25-16(2)31-33(26(25)30-23)17(3)21-8-7-19(27)12-22(21)28/h6-7,9,14-16,18,21,25H,4-5,8,10-13H2,1-3H3,(H2,31,37);6-7,10-11,13-15,22-23H,3-5,8-9H2,1-2H3,(H2,30,36);2*6-8,12-13,15,17,20,24,34H,4-5,9-11,14H2,1-3H3. The predicted octanol–water partition coefficient (Wildman–Crippen LogP) is 22.1. The summed E-state index contributed by atoms with van der Waals surface area (Å²) >= 11 is 50.4. The molecule has 0 bridgehead atoms. The van der Waals surface area contributed by atoms with E-state index in [1.54, 1.807) is 41.2 Å². The number of fused-ring (bicyclic) bond motifs is 4. The van der Waals surface area contributed by atoms with E-state index in [0.29, 0.717) is 112 Å². The summed E-state index contributed by atoms with van der Waals surface area (Å²) in [6.07, 6.45) is 34.1. The van der Waals surface area contributed by atoms with Crippen LogP contribution in [0.25, 0.3) is 66.9 Å². The molecule has 0 radical (unpaired) electrons. The lowest BCUT2D eigenvalue weighted by atomic mass is 9.83. The molecule has 12 aromatic rings. The number of aliphatic hydroxyl groups is 2. The maximum atomic E-state index is 11.9. The van der Waals surface area contributed by atoms with Gasteiger partial charge in [-0.3, -0.25) is 29.2 Å². The van der Waals surface area contributed by atoms with Crippen molar-refractivity contribution < 1.29 is 19.8 Å². The van der Waals surface area contributed by atoms with Crippen LogP contribution in [0.1, 0.15) is 263 Å². The minimum atomic E-state index is -0.284. The number of rotatable bonds is 22. The van der Waals surface area contributed by atoms with Crippen LogP contribution in [-0.4, -0.2) is 208 Å². The Labute approximate surface area is 863 Å². The maximum absolute atomic E-state index is 11.9. The van der Waals surface area contributed by atoms with Gasteiger partial charge in [0.05, 0.1) is 108 Å². The summed E-state index contributed by atoms with van der Waals surface area (Å²) in [5.41, 5.74) is 31.5. The molecule has 20 rings (SSSR count). The van der Waals surface area contributed by atoms with Gasteiger partial charge < -0.3 is 21.7 Å². The Morgan fingerprint density at radius 3 is 1.09 bits per heavy atom. The van der Waals surface area contributed by atoms with Crippen molar-refractivity contribution in [2.24, 2.45) is 35.1 Å². The van der Waals surface area contributed by atoms with Crippen molar-refractivity contribution in [2.75, 3.05) is 39.4 Å². The molecule has 141 heavy (non-hydrogen) atoms. The third-order valence-corrected chi connectivity index (χ3v) is 32.8. The van der Waals surface area contributed by atoms with Crippen LogP contribution in [-0.2, 0) is 9.59 Å².